The van der Waals surface area contributed by atoms with E-state index in [2.05, 4.69) is 15.6 Å². The van der Waals surface area contributed by atoms with Crippen LogP contribution >= 0.6 is 11.3 Å². The van der Waals surface area contributed by atoms with Gasteiger partial charge in [-0.05, 0) is 43.2 Å². The summed E-state index contributed by atoms with van der Waals surface area (Å²) in [4.78, 5) is 43.2. The monoisotopic (exact) mass is 468 g/mol. The summed E-state index contributed by atoms with van der Waals surface area (Å²) in [6.45, 7) is 3.83. The molecule has 0 atom stereocenters. The molecule has 33 heavy (non-hydrogen) atoms. The molecule has 0 aliphatic rings. The molecule has 2 N–H and O–H groups in total. The van der Waals surface area contributed by atoms with Crippen LogP contribution in [0.5, 0.6) is 0 Å². The molecule has 3 aromatic rings. The van der Waals surface area contributed by atoms with Crippen molar-refractivity contribution >= 4 is 39.9 Å². The van der Waals surface area contributed by atoms with Gasteiger partial charge in [-0.25, -0.2) is 9.37 Å². The summed E-state index contributed by atoms with van der Waals surface area (Å²) < 4.78 is 13.1. The maximum atomic E-state index is 13.1. The van der Waals surface area contributed by atoms with E-state index in [1.807, 2.05) is 26.0 Å². The van der Waals surface area contributed by atoms with Crippen LogP contribution in [0, 0.1) is 19.7 Å². The first-order valence-corrected chi connectivity index (χ1v) is 11.3. The summed E-state index contributed by atoms with van der Waals surface area (Å²) in [5.41, 5.74) is 3.24. The van der Waals surface area contributed by atoms with Crippen LogP contribution in [0.3, 0.4) is 0 Å². The standard InChI is InChI=1S/C24H25FN4O3S/c1-16-3-8-20(17(2)13-16)29(15-22(31)27-14-18-4-6-19(25)7-5-18)23(32)10-9-21(30)28-24-26-11-12-33-24/h3-8,11-13H,9-10,14-15H2,1-2H3,(H,27,31)(H,26,28,30). The van der Waals surface area contributed by atoms with E-state index in [-0.39, 0.29) is 49.5 Å². The molecule has 0 fully saturated rings. The van der Waals surface area contributed by atoms with Crippen molar-refractivity contribution in [3.63, 3.8) is 0 Å². The van der Waals surface area contributed by atoms with Gasteiger partial charge in [0.15, 0.2) is 5.13 Å². The van der Waals surface area contributed by atoms with E-state index < -0.39 is 0 Å². The number of carbonyl (C=O) groups is 3. The SMILES string of the molecule is Cc1ccc(N(CC(=O)NCc2ccc(F)cc2)C(=O)CCC(=O)Nc2nccs2)c(C)c1. The number of nitrogens with one attached hydrogen (secondary N) is 2. The third-order valence-electron chi connectivity index (χ3n) is 4.89. The van der Waals surface area contributed by atoms with Gasteiger partial charge in [0.05, 0.1) is 0 Å². The molecule has 0 aliphatic heterocycles. The Morgan fingerprint density at radius 3 is 2.45 bits per heavy atom. The molecule has 0 radical (unpaired) electrons. The number of benzene rings is 2. The number of thiazole rings is 1. The van der Waals surface area contributed by atoms with Gasteiger partial charge < -0.3 is 15.5 Å². The minimum atomic E-state index is -0.361. The number of carbonyl (C=O) groups excluding carboxylic acids is 3. The van der Waals surface area contributed by atoms with Gasteiger partial charge in [0, 0.05) is 36.7 Å². The average molecular weight is 469 g/mol. The quantitative estimate of drug-likeness (QED) is 0.497. The number of hydrogen-bond acceptors (Lipinski definition) is 5. The molecule has 3 rings (SSSR count). The van der Waals surface area contributed by atoms with Crippen LogP contribution in [0.2, 0.25) is 0 Å². The molecule has 0 unspecified atom stereocenters. The van der Waals surface area contributed by atoms with E-state index in [0.29, 0.717) is 10.8 Å². The fraction of sp³-hybridized carbons (Fsp3) is 0.250. The highest BCUT2D eigenvalue weighted by molar-refractivity contribution is 7.13. The molecule has 2 aromatic carbocycles. The van der Waals surface area contributed by atoms with Crippen LogP contribution in [-0.2, 0) is 20.9 Å². The molecule has 0 saturated heterocycles. The fourth-order valence-corrected chi connectivity index (χ4v) is 3.79. The number of rotatable bonds is 9. The fourth-order valence-electron chi connectivity index (χ4n) is 3.24. The highest BCUT2D eigenvalue weighted by Crippen LogP contribution is 2.22. The van der Waals surface area contributed by atoms with Gasteiger partial charge in [-0.1, -0.05) is 29.8 Å². The number of aryl methyl sites for hydroxylation is 2. The molecular weight excluding hydrogens is 443 g/mol. The molecule has 0 saturated carbocycles. The highest BCUT2D eigenvalue weighted by atomic mass is 32.1. The highest BCUT2D eigenvalue weighted by Gasteiger charge is 2.21. The van der Waals surface area contributed by atoms with Gasteiger partial charge in [-0.3, -0.25) is 14.4 Å². The molecule has 9 heteroatoms. The van der Waals surface area contributed by atoms with E-state index in [1.165, 1.54) is 28.4 Å². The van der Waals surface area contributed by atoms with E-state index >= 15 is 0 Å². The molecule has 1 aromatic heterocycles. The van der Waals surface area contributed by atoms with Crippen LogP contribution in [0.4, 0.5) is 15.2 Å². The molecule has 0 aliphatic carbocycles. The molecule has 172 valence electrons. The van der Waals surface area contributed by atoms with Crippen molar-refractivity contribution in [3.05, 3.63) is 76.5 Å². The topological polar surface area (TPSA) is 91.4 Å². The maximum absolute atomic E-state index is 13.1. The first kappa shape index (κ1) is 24.1. The van der Waals surface area contributed by atoms with Gasteiger partial charge >= 0.3 is 0 Å². The van der Waals surface area contributed by atoms with E-state index in [1.54, 1.807) is 29.8 Å². The first-order chi connectivity index (χ1) is 15.8. The summed E-state index contributed by atoms with van der Waals surface area (Å²) in [5, 5.41) is 7.62. The zero-order valence-corrected chi connectivity index (χ0v) is 19.2. The van der Waals surface area contributed by atoms with E-state index in [9.17, 15) is 18.8 Å². The summed E-state index contributed by atoms with van der Waals surface area (Å²) in [7, 11) is 0. The molecule has 7 nitrogen and oxygen atoms in total. The van der Waals surface area contributed by atoms with Gasteiger partial charge in [0.2, 0.25) is 17.7 Å². The minimum absolute atomic E-state index is 0.0307. The van der Waals surface area contributed by atoms with Crippen molar-refractivity contribution < 1.29 is 18.8 Å². The second-order valence-corrected chi connectivity index (χ2v) is 8.45. The maximum Gasteiger partial charge on any atom is 0.240 e. The van der Waals surface area contributed by atoms with Crippen LogP contribution in [0.15, 0.2) is 54.0 Å². The minimum Gasteiger partial charge on any atom is -0.350 e. The van der Waals surface area contributed by atoms with Gasteiger partial charge in [0.1, 0.15) is 12.4 Å². The number of hydrogen-bond donors (Lipinski definition) is 2. The summed E-state index contributed by atoms with van der Waals surface area (Å²) in [6.07, 6.45) is 1.49. The lowest BCUT2D eigenvalue weighted by Crippen LogP contribution is -2.41. The van der Waals surface area contributed by atoms with Crippen LogP contribution in [0.1, 0.15) is 29.5 Å². The van der Waals surface area contributed by atoms with Crippen molar-refractivity contribution in [2.75, 3.05) is 16.8 Å². The average Bonchev–Trinajstić information content (AvgIpc) is 3.29. The summed E-state index contributed by atoms with van der Waals surface area (Å²) >= 11 is 1.29. The second kappa shape index (κ2) is 11.3. The van der Waals surface area contributed by atoms with Crippen molar-refractivity contribution in [2.45, 2.75) is 33.2 Å². The largest absolute Gasteiger partial charge is 0.350 e. The predicted molar refractivity (Wildman–Crippen MR) is 126 cm³/mol. The summed E-state index contributed by atoms with van der Waals surface area (Å²) in [6, 6.07) is 11.4. The second-order valence-electron chi connectivity index (χ2n) is 7.56. The van der Waals surface area contributed by atoms with Crippen molar-refractivity contribution in [1.82, 2.24) is 10.3 Å². The third kappa shape index (κ3) is 7.21. The van der Waals surface area contributed by atoms with E-state index in [0.717, 1.165) is 16.7 Å². The Hall–Kier alpha value is -3.59. The van der Waals surface area contributed by atoms with Gasteiger partial charge in [0.25, 0.3) is 0 Å². The van der Waals surface area contributed by atoms with Crippen molar-refractivity contribution in [3.8, 4) is 0 Å². The number of halogens is 1. The zero-order valence-electron chi connectivity index (χ0n) is 18.4. The lowest BCUT2D eigenvalue weighted by molar-refractivity contribution is -0.125. The molecule has 1 heterocycles. The molecule has 0 spiro atoms. The number of nitrogens with zero attached hydrogens (tertiary/aromatic N) is 2. The third-order valence-corrected chi connectivity index (χ3v) is 5.58. The van der Waals surface area contributed by atoms with Crippen LogP contribution in [-0.4, -0.2) is 29.3 Å². The smallest absolute Gasteiger partial charge is 0.240 e. The van der Waals surface area contributed by atoms with Crippen molar-refractivity contribution in [1.29, 1.82) is 0 Å². The normalized spacial score (nSPS) is 10.5. The Morgan fingerprint density at radius 1 is 1.03 bits per heavy atom. The molecular formula is C24H25FN4O3S. The van der Waals surface area contributed by atoms with Crippen LogP contribution in [0.25, 0.3) is 0 Å². The van der Waals surface area contributed by atoms with Gasteiger partial charge in [-0.15, -0.1) is 11.3 Å². The first-order valence-electron chi connectivity index (χ1n) is 10.4. The summed E-state index contributed by atoms with van der Waals surface area (Å²) in [5.74, 6) is -1.37. The zero-order chi connectivity index (χ0) is 23.8. The number of aromatic nitrogens is 1. The Bertz CT molecular complexity index is 1120. The Labute approximate surface area is 195 Å². The molecule has 3 amide bonds. The Morgan fingerprint density at radius 2 is 1.79 bits per heavy atom. The lowest BCUT2D eigenvalue weighted by Gasteiger charge is -2.24. The van der Waals surface area contributed by atoms with Gasteiger partial charge in [-0.2, -0.15) is 0 Å². The molecule has 0 bridgehead atoms. The van der Waals surface area contributed by atoms with Crippen molar-refractivity contribution in [2.24, 2.45) is 0 Å². The predicted octanol–water partition coefficient (Wildman–Crippen LogP) is 3.97. The van der Waals surface area contributed by atoms with Crippen LogP contribution < -0.4 is 15.5 Å². The Kier molecular flexibility index (Phi) is 8.26. The Balaban J connectivity index is 1.66. The number of amides is 3. The lowest BCUT2D eigenvalue weighted by atomic mass is 10.1. The van der Waals surface area contributed by atoms with E-state index in [4.69, 9.17) is 0 Å². The number of anilines is 2.